The van der Waals surface area contributed by atoms with Gasteiger partial charge >= 0.3 is 0 Å². The quantitative estimate of drug-likeness (QED) is 0.314. The summed E-state index contributed by atoms with van der Waals surface area (Å²) < 4.78 is 57.4. The molecule has 0 aliphatic heterocycles. The van der Waals surface area contributed by atoms with E-state index in [9.17, 15) is 32.7 Å². The number of pyridine rings is 2. The van der Waals surface area contributed by atoms with Gasteiger partial charge in [-0.25, -0.2) is 22.5 Å². The molecule has 0 aliphatic carbocycles. The molecular formula is C26H28F4N6O2. The van der Waals surface area contributed by atoms with E-state index in [4.69, 9.17) is 0 Å². The average molecular weight is 533 g/mol. The second-order valence-corrected chi connectivity index (χ2v) is 8.29. The number of anilines is 1. The Labute approximate surface area is 217 Å². The maximum atomic E-state index is 14.1. The Kier molecular flexibility index (Phi) is 8.85. The van der Waals surface area contributed by atoms with Gasteiger partial charge in [0.25, 0.3) is 5.56 Å². The molecule has 4 aromatic rings. The van der Waals surface area contributed by atoms with Gasteiger partial charge in [0.2, 0.25) is 5.92 Å². The maximum Gasteiger partial charge on any atom is 0.266 e. The van der Waals surface area contributed by atoms with Crippen molar-refractivity contribution in [2.24, 2.45) is 0 Å². The van der Waals surface area contributed by atoms with E-state index in [1.807, 2.05) is 19.9 Å². The molecule has 8 nitrogen and oxygen atoms in total. The highest BCUT2D eigenvalue weighted by Crippen LogP contribution is 2.23. The lowest BCUT2D eigenvalue weighted by molar-refractivity contribution is 0.00317. The molecule has 0 fully saturated rings. The topological polar surface area (TPSA) is 109 Å². The largest absolute Gasteiger partial charge is 0.394 e. The molecule has 2 N–H and O–H groups in total. The van der Waals surface area contributed by atoms with Crippen LogP contribution in [0.3, 0.4) is 0 Å². The lowest BCUT2D eigenvalue weighted by atomic mass is 10.1. The zero-order valence-corrected chi connectivity index (χ0v) is 20.9. The molecule has 38 heavy (non-hydrogen) atoms. The highest BCUT2D eigenvalue weighted by Gasteiger charge is 2.27. The number of fused-ring (bicyclic) bond motifs is 1. The number of aromatic nitrogens is 4. The van der Waals surface area contributed by atoms with Gasteiger partial charge in [0.1, 0.15) is 23.5 Å². The van der Waals surface area contributed by atoms with Crippen LogP contribution in [0, 0.1) is 23.0 Å². The van der Waals surface area contributed by atoms with Gasteiger partial charge in [0, 0.05) is 31.9 Å². The van der Waals surface area contributed by atoms with E-state index in [1.54, 1.807) is 0 Å². The molecule has 12 heteroatoms. The van der Waals surface area contributed by atoms with E-state index in [1.165, 1.54) is 41.5 Å². The van der Waals surface area contributed by atoms with Crippen molar-refractivity contribution in [3.05, 3.63) is 82.0 Å². The van der Waals surface area contributed by atoms with Crippen LogP contribution in [0.5, 0.6) is 0 Å². The van der Waals surface area contributed by atoms with Crippen molar-refractivity contribution in [1.82, 2.24) is 19.3 Å². The maximum absolute atomic E-state index is 14.1. The molecule has 0 saturated carbocycles. The number of nitriles is 1. The smallest absolute Gasteiger partial charge is 0.266 e. The first-order valence-electron chi connectivity index (χ1n) is 11.8. The minimum Gasteiger partial charge on any atom is -0.394 e. The molecule has 0 unspecified atom stereocenters. The molecule has 4 rings (SSSR count). The van der Waals surface area contributed by atoms with Gasteiger partial charge in [-0.05, 0) is 25.1 Å². The minimum atomic E-state index is -3.04. The molecule has 0 saturated heterocycles. The van der Waals surface area contributed by atoms with Crippen LogP contribution in [0.1, 0.15) is 39.7 Å². The molecule has 0 amide bonds. The van der Waals surface area contributed by atoms with Crippen molar-refractivity contribution in [3.63, 3.8) is 0 Å². The molecular weight excluding hydrogens is 504 g/mol. The van der Waals surface area contributed by atoms with Crippen LogP contribution in [-0.2, 0) is 6.54 Å². The number of nitrogens with one attached hydrogen (secondary N) is 1. The number of hydrogen-bond acceptors (Lipinski definition) is 6. The summed E-state index contributed by atoms with van der Waals surface area (Å²) in [5.74, 6) is -4.46. The van der Waals surface area contributed by atoms with Crippen LogP contribution in [-0.4, -0.2) is 43.0 Å². The van der Waals surface area contributed by atoms with Crippen molar-refractivity contribution >= 4 is 16.7 Å². The first-order valence-corrected chi connectivity index (χ1v) is 11.8. The van der Waals surface area contributed by atoms with Gasteiger partial charge in [-0.3, -0.25) is 14.0 Å². The molecule has 0 spiro atoms. The molecule has 202 valence electrons. The summed E-state index contributed by atoms with van der Waals surface area (Å²) in [6.45, 7) is 3.89. The van der Waals surface area contributed by atoms with Crippen LogP contribution in [0.25, 0.3) is 16.6 Å². The van der Waals surface area contributed by atoms with Gasteiger partial charge in [-0.15, -0.1) is 0 Å². The Morgan fingerprint density at radius 3 is 2.50 bits per heavy atom. The average Bonchev–Trinajstić information content (AvgIpc) is 3.30. The summed E-state index contributed by atoms with van der Waals surface area (Å²) in [6.07, 6.45) is 3.14. The van der Waals surface area contributed by atoms with Gasteiger partial charge in [0.15, 0.2) is 0 Å². The fourth-order valence-corrected chi connectivity index (χ4v) is 3.84. The summed E-state index contributed by atoms with van der Waals surface area (Å²) in [5, 5.41) is 25.9. The Morgan fingerprint density at radius 2 is 1.89 bits per heavy atom. The minimum absolute atomic E-state index is 0. The Balaban J connectivity index is 0.00000174. The Hall–Kier alpha value is -4.24. The standard InChI is InChI=1S/C24H20F4N6O2.C2H6.H2/c1-24(27,28)8-15(13-35)32-22-7-21(14(9-29)10-30-22)33-6-5-20-16(23(33)36)11-31-34(20)12-17-18(25)3-2-4-19(17)26;1-2;/h2-7,10-11,15,35H,8,12-13H2,1H3,(H,30,32);1-2H3;1H/t15-;;/m0../s1. The normalized spacial score (nSPS) is 12.0. The van der Waals surface area contributed by atoms with Crippen LogP contribution in [0.4, 0.5) is 23.4 Å². The molecule has 1 atom stereocenters. The van der Waals surface area contributed by atoms with E-state index in [-0.39, 0.29) is 36.0 Å². The zero-order chi connectivity index (χ0) is 28.0. The predicted molar refractivity (Wildman–Crippen MR) is 136 cm³/mol. The first-order chi connectivity index (χ1) is 18.1. The fraction of sp³-hybridized carbons (Fsp3) is 0.308. The number of aliphatic hydroxyl groups excluding tert-OH is 1. The molecule has 3 aromatic heterocycles. The van der Waals surface area contributed by atoms with Crippen molar-refractivity contribution in [3.8, 4) is 11.8 Å². The summed E-state index contributed by atoms with van der Waals surface area (Å²) in [6, 6.07) is 7.24. The Morgan fingerprint density at radius 1 is 1.21 bits per heavy atom. The summed E-state index contributed by atoms with van der Waals surface area (Å²) in [4.78, 5) is 17.3. The third-order valence-corrected chi connectivity index (χ3v) is 5.52. The van der Waals surface area contributed by atoms with Crippen molar-refractivity contribution in [2.45, 2.75) is 45.7 Å². The van der Waals surface area contributed by atoms with Crippen molar-refractivity contribution in [2.75, 3.05) is 11.9 Å². The highest BCUT2D eigenvalue weighted by molar-refractivity contribution is 5.78. The molecule has 0 bridgehead atoms. The van der Waals surface area contributed by atoms with E-state index < -0.39 is 42.2 Å². The van der Waals surface area contributed by atoms with E-state index >= 15 is 0 Å². The zero-order valence-electron chi connectivity index (χ0n) is 20.9. The molecule has 3 heterocycles. The second kappa shape index (κ2) is 11.9. The number of rotatable bonds is 8. The number of halogens is 4. The van der Waals surface area contributed by atoms with E-state index in [2.05, 4.69) is 15.4 Å². The molecule has 1 aromatic carbocycles. The van der Waals surface area contributed by atoms with Crippen LogP contribution < -0.4 is 10.9 Å². The SMILES string of the molecule is CC.CC(F)(F)C[C@@H](CO)Nc1cc(-n2ccc3c(cnn3Cc3c(F)cccc3F)c2=O)c(C#N)cn1.[HH]. The fourth-order valence-electron chi connectivity index (χ4n) is 3.84. The number of alkyl halides is 2. The lowest BCUT2D eigenvalue weighted by Gasteiger charge is -2.21. The van der Waals surface area contributed by atoms with E-state index in [0.29, 0.717) is 5.52 Å². The number of nitrogens with zero attached hydrogens (tertiary/aromatic N) is 5. The van der Waals surface area contributed by atoms with Gasteiger partial charge in [-0.1, -0.05) is 19.9 Å². The van der Waals surface area contributed by atoms with Crippen molar-refractivity contribution in [1.29, 1.82) is 5.26 Å². The van der Waals surface area contributed by atoms with Crippen molar-refractivity contribution < 1.29 is 24.1 Å². The highest BCUT2D eigenvalue weighted by atomic mass is 19.3. The van der Waals surface area contributed by atoms with Gasteiger partial charge in [0.05, 0.1) is 47.5 Å². The van der Waals surface area contributed by atoms with Crippen LogP contribution in [0.2, 0.25) is 0 Å². The summed E-state index contributed by atoms with van der Waals surface area (Å²) >= 11 is 0. The number of benzene rings is 1. The van der Waals surface area contributed by atoms with Gasteiger partial charge in [-0.2, -0.15) is 10.4 Å². The Bertz CT molecular complexity index is 1510. The molecule has 0 aliphatic rings. The van der Waals surface area contributed by atoms with Crippen LogP contribution in [0.15, 0.2) is 53.7 Å². The number of hydrogen-bond donors (Lipinski definition) is 2. The van der Waals surface area contributed by atoms with Crippen LogP contribution >= 0.6 is 0 Å². The van der Waals surface area contributed by atoms with E-state index in [0.717, 1.165) is 23.6 Å². The summed E-state index contributed by atoms with van der Waals surface area (Å²) in [5.41, 5.74) is -0.311. The number of aliphatic hydroxyl groups is 1. The second-order valence-electron chi connectivity index (χ2n) is 8.29. The monoisotopic (exact) mass is 532 g/mol. The predicted octanol–water partition coefficient (Wildman–Crippen LogP) is 4.87. The first kappa shape index (κ1) is 28.3. The third kappa shape index (κ3) is 6.18. The van der Waals surface area contributed by atoms with Gasteiger partial charge < -0.3 is 10.4 Å². The third-order valence-electron chi connectivity index (χ3n) is 5.52. The summed E-state index contributed by atoms with van der Waals surface area (Å²) in [7, 11) is 0. The lowest BCUT2D eigenvalue weighted by Crippen LogP contribution is -2.31. The molecule has 0 radical (unpaired) electrons.